The Labute approximate surface area is 105 Å². The Hall–Kier alpha value is -1.81. The largest absolute Gasteiger partial charge is 0.368 e. The van der Waals surface area contributed by atoms with E-state index in [9.17, 15) is 0 Å². The van der Waals surface area contributed by atoms with E-state index in [-0.39, 0.29) is 5.95 Å². The fourth-order valence-electron chi connectivity index (χ4n) is 1.45. The Morgan fingerprint density at radius 1 is 1.29 bits per heavy atom. The number of anilines is 3. The second-order valence-corrected chi connectivity index (χ2v) is 4.20. The van der Waals surface area contributed by atoms with Crippen molar-refractivity contribution in [2.75, 3.05) is 11.1 Å². The van der Waals surface area contributed by atoms with Crippen molar-refractivity contribution in [1.82, 2.24) is 9.97 Å². The van der Waals surface area contributed by atoms with Gasteiger partial charge < -0.3 is 11.1 Å². The topological polar surface area (TPSA) is 63.8 Å². The fraction of sp³-hybridized carbons (Fsp3) is 0.167. The molecule has 2 rings (SSSR count). The van der Waals surface area contributed by atoms with Crippen molar-refractivity contribution in [3.63, 3.8) is 0 Å². The van der Waals surface area contributed by atoms with Crippen LogP contribution < -0.4 is 11.1 Å². The fourth-order valence-corrected chi connectivity index (χ4v) is 1.63. The van der Waals surface area contributed by atoms with E-state index in [4.69, 9.17) is 17.3 Å². The van der Waals surface area contributed by atoms with Gasteiger partial charge in [-0.1, -0.05) is 17.7 Å². The smallest absolute Gasteiger partial charge is 0.221 e. The van der Waals surface area contributed by atoms with E-state index in [2.05, 4.69) is 15.3 Å². The molecule has 0 spiro atoms. The molecule has 0 fully saturated rings. The Morgan fingerprint density at radius 3 is 2.82 bits per heavy atom. The summed E-state index contributed by atoms with van der Waals surface area (Å²) in [5.41, 5.74) is 8.38. The summed E-state index contributed by atoms with van der Waals surface area (Å²) in [5, 5.41) is 3.92. The molecule has 1 heterocycles. The number of aromatic nitrogens is 2. The molecule has 4 nitrogen and oxygen atoms in total. The minimum Gasteiger partial charge on any atom is -0.368 e. The highest BCUT2D eigenvalue weighted by Gasteiger charge is 2.06. The lowest BCUT2D eigenvalue weighted by Crippen LogP contribution is -2.02. The van der Waals surface area contributed by atoms with Gasteiger partial charge in [-0.15, -0.1) is 0 Å². The molecule has 3 N–H and O–H groups in total. The Balaban J connectivity index is 2.38. The Kier molecular flexibility index (Phi) is 3.15. The van der Waals surface area contributed by atoms with E-state index < -0.39 is 0 Å². The quantitative estimate of drug-likeness (QED) is 0.857. The van der Waals surface area contributed by atoms with Crippen molar-refractivity contribution in [3.05, 3.63) is 40.5 Å². The normalized spacial score (nSPS) is 10.3. The van der Waals surface area contributed by atoms with Crippen molar-refractivity contribution < 1.29 is 0 Å². The summed E-state index contributed by atoms with van der Waals surface area (Å²) in [7, 11) is 0. The molecule has 88 valence electrons. The number of rotatable bonds is 2. The van der Waals surface area contributed by atoms with E-state index in [1.807, 2.05) is 32.0 Å². The molecule has 0 aliphatic rings. The number of nitrogens with zero attached hydrogens (tertiary/aromatic N) is 2. The molecule has 0 bridgehead atoms. The molecule has 0 atom stereocenters. The summed E-state index contributed by atoms with van der Waals surface area (Å²) in [6.45, 7) is 3.87. The highest BCUT2D eigenvalue weighted by Crippen LogP contribution is 2.26. The average Bonchev–Trinajstić information content (AvgIpc) is 2.30. The van der Waals surface area contributed by atoms with Crippen molar-refractivity contribution in [1.29, 1.82) is 0 Å². The van der Waals surface area contributed by atoms with Gasteiger partial charge in [-0.05, 0) is 31.5 Å². The maximum absolute atomic E-state index is 6.05. The van der Waals surface area contributed by atoms with Crippen LogP contribution in [-0.4, -0.2) is 9.97 Å². The van der Waals surface area contributed by atoms with Crippen molar-refractivity contribution in [2.45, 2.75) is 13.8 Å². The van der Waals surface area contributed by atoms with Gasteiger partial charge in [-0.3, -0.25) is 0 Å². The third-order valence-corrected chi connectivity index (χ3v) is 2.92. The standard InChI is InChI=1S/C12H13ClN4/c1-7-6-15-12(14)17-11(7)16-10-5-3-4-9(13)8(10)2/h3-6H,1-2H3,(H3,14,15,16,17). The molecule has 0 unspecified atom stereocenters. The Bertz CT molecular complexity index is 554. The predicted octanol–water partition coefficient (Wildman–Crippen LogP) is 3.07. The number of nitrogen functional groups attached to an aromatic ring is 1. The van der Waals surface area contributed by atoms with Crippen LogP contribution in [0.3, 0.4) is 0 Å². The first-order chi connectivity index (χ1) is 8.08. The number of hydrogen-bond donors (Lipinski definition) is 2. The van der Waals surface area contributed by atoms with Crippen LogP contribution in [0, 0.1) is 13.8 Å². The van der Waals surface area contributed by atoms with Gasteiger partial charge in [0.25, 0.3) is 0 Å². The molecule has 0 amide bonds. The summed E-state index contributed by atoms with van der Waals surface area (Å²) < 4.78 is 0. The van der Waals surface area contributed by atoms with Crippen LogP contribution in [0.1, 0.15) is 11.1 Å². The molecule has 1 aromatic carbocycles. The van der Waals surface area contributed by atoms with E-state index in [1.54, 1.807) is 6.20 Å². The van der Waals surface area contributed by atoms with Crippen LogP contribution in [0.2, 0.25) is 5.02 Å². The number of nitrogens with two attached hydrogens (primary N) is 1. The summed E-state index contributed by atoms with van der Waals surface area (Å²) in [5.74, 6) is 0.945. The van der Waals surface area contributed by atoms with E-state index >= 15 is 0 Å². The zero-order valence-corrected chi connectivity index (χ0v) is 10.4. The summed E-state index contributed by atoms with van der Waals surface area (Å²) >= 11 is 6.05. The van der Waals surface area contributed by atoms with Gasteiger partial charge in [0.15, 0.2) is 0 Å². The van der Waals surface area contributed by atoms with Gasteiger partial charge in [0.1, 0.15) is 5.82 Å². The van der Waals surface area contributed by atoms with Gasteiger partial charge >= 0.3 is 0 Å². The minimum absolute atomic E-state index is 0.248. The molecule has 1 aromatic heterocycles. The van der Waals surface area contributed by atoms with E-state index in [0.717, 1.165) is 21.8 Å². The molecule has 0 saturated carbocycles. The highest BCUT2D eigenvalue weighted by molar-refractivity contribution is 6.31. The molecule has 2 aromatic rings. The molecule has 5 heteroatoms. The number of benzene rings is 1. The second kappa shape index (κ2) is 4.59. The van der Waals surface area contributed by atoms with Crippen LogP contribution in [0.4, 0.5) is 17.5 Å². The second-order valence-electron chi connectivity index (χ2n) is 3.80. The van der Waals surface area contributed by atoms with Gasteiger partial charge in [0, 0.05) is 22.5 Å². The molecular formula is C12H13ClN4. The van der Waals surface area contributed by atoms with Gasteiger partial charge in [0.05, 0.1) is 0 Å². The van der Waals surface area contributed by atoms with Crippen molar-refractivity contribution >= 4 is 29.1 Å². The zero-order valence-electron chi connectivity index (χ0n) is 9.66. The number of hydrogen-bond acceptors (Lipinski definition) is 4. The van der Waals surface area contributed by atoms with Crippen LogP contribution in [0.5, 0.6) is 0 Å². The lowest BCUT2D eigenvalue weighted by Gasteiger charge is -2.11. The SMILES string of the molecule is Cc1cnc(N)nc1Nc1cccc(Cl)c1C. The highest BCUT2D eigenvalue weighted by atomic mass is 35.5. The maximum atomic E-state index is 6.05. The maximum Gasteiger partial charge on any atom is 0.221 e. The predicted molar refractivity (Wildman–Crippen MR) is 70.7 cm³/mol. The third-order valence-electron chi connectivity index (χ3n) is 2.51. The third kappa shape index (κ3) is 2.47. The average molecular weight is 249 g/mol. The molecule has 0 radical (unpaired) electrons. The molecule has 17 heavy (non-hydrogen) atoms. The first-order valence-electron chi connectivity index (χ1n) is 5.19. The molecule has 0 aliphatic heterocycles. The van der Waals surface area contributed by atoms with Crippen LogP contribution in [0.25, 0.3) is 0 Å². The van der Waals surface area contributed by atoms with Crippen molar-refractivity contribution in [2.24, 2.45) is 0 Å². The molecule has 0 saturated heterocycles. The van der Waals surface area contributed by atoms with Gasteiger partial charge in [-0.2, -0.15) is 4.98 Å². The first kappa shape index (κ1) is 11.7. The van der Waals surface area contributed by atoms with Crippen molar-refractivity contribution in [3.8, 4) is 0 Å². The monoisotopic (exact) mass is 248 g/mol. The zero-order chi connectivity index (χ0) is 12.4. The number of nitrogens with one attached hydrogen (secondary N) is 1. The molecule has 0 aliphatic carbocycles. The van der Waals surface area contributed by atoms with Gasteiger partial charge in [0.2, 0.25) is 5.95 Å². The van der Waals surface area contributed by atoms with Crippen LogP contribution in [-0.2, 0) is 0 Å². The number of aryl methyl sites for hydroxylation is 1. The molecular weight excluding hydrogens is 236 g/mol. The summed E-state index contributed by atoms with van der Waals surface area (Å²) in [4.78, 5) is 8.07. The number of halogens is 1. The summed E-state index contributed by atoms with van der Waals surface area (Å²) in [6.07, 6.45) is 1.69. The lowest BCUT2D eigenvalue weighted by molar-refractivity contribution is 1.14. The van der Waals surface area contributed by atoms with Crippen LogP contribution in [0.15, 0.2) is 24.4 Å². The van der Waals surface area contributed by atoms with E-state index in [0.29, 0.717) is 5.82 Å². The van der Waals surface area contributed by atoms with E-state index in [1.165, 1.54) is 0 Å². The minimum atomic E-state index is 0.248. The summed E-state index contributed by atoms with van der Waals surface area (Å²) in [6, 6.07) is 5.68. The van der Waals surface area contributed by atoms with Crippen LogP contribution >= 0.6 is 11.6 Å². The first-order valence-corrected chi connectivity index (χ1v) is 5.57. The lowest BCUT2D eigenvalue weighted by atomic mass is 10.2. The Morgan fingerprint density at radius 2 is 2.06 bits per heavy atom. The van der Waals surface area contributed by atoms with Gasteiger partial charge in [-0.25, -0.2) is 4.98 Å².